The molecule has 5 nitrogen and oxygen atoms in total. The standard InChI is InChI=1S/C25H24Cl2N4OS/c26-18-5-7-19(8-6-18)33-21-4-2-1-3-20(21)29-22(32)24-10-16-9-17(11-24)13-25(12-16,14-24)31-15-28-23(27)30-31/h1-8,15-17H,9-14H2,(H,29,32)/t16-,17+,24?,25?. The second kappa shape index (κ2) is 8.03. The van der Waals surface area contributed by atoms with E-state index in [0.29, 0.717) is 16.9 Å². The third-order valence-corrected chi connectivity index (χ3v) is 9.15. The molecule has 2 aromatic carbocycles. The Morgan fingerprint density at radius 2 is 1.76 bits per heavy atom. The van der Waals surface area contributed by atoms with Crippen LogP contribution in [0.1, 0.15) is 38.5 Å². The predicted molar refractivity (Wildman–Crippen MR) is 131 cm³/mol. The number of nitrogens with zero attached hydrogens (tertiary/aromatic N) is 3. The van der Waals surface area contributed by atoms with Crippen LogP contribution in [0.25, 0.3) is 0 Å². The number of rotatable bonds is 5. The van der Waals surface area contributed by atoms with Crippen LogP contribution >= 0.6 is 35.0 Å². The van der Waals surface area contributed by atoms with Gasteiger partial charge in [-0.15, -0.1) is 5.10 Å². The van der Waals surface area contributed by atoms with Crippen molar-refractivity contribution in [3.8, 4) is 0 Å². The maximum atomic E-state index is 13.9. The van der Waals surface area contributed by atoms with Gasteiger partial charge in [-0.3, -0.25) is 4.79 Å². The summed E-state index contributed by atoms with van der Waals surface area (Å²) in [6.45, 7) is 0. The highest BCUT2D eigenvalue weighted by Crippen LogP contribution is 2.64. The molecule has 0 spiro atoms. The zero-order valence-corrected chi connectivity index (χ0v) is 20.3. The normalized spacial score (nSPS) is 29.9. The highest BCUT2D eigenvalue weighted by atomic mass is 35.5. The molecule has 0 radical (unpaired) electrons. The Morgan fingerprint density at radius 1 is 1.03 bits per heavy atom. The summed E-state index contributed by atoms with van der Waals surface area (Å²) in [5.41, 5.74) is 0.329. The molecule has 1 heterocycles. The minimum absolute atomic E-state index is 0.136. The van der Waals surface area contributed by atoms with E-state index in [-0.39, 0.29) is 22.1 Å². The van der Waals surface area contributed by atoms with Crippen molar-refractivity contribution in [2.24, 2.45) is 17.3 Å². The summed E-state index contributed by atoms with van der Waals surface area (Å²) < 4.78 is 1.96. The monoisotopic (exact) mass is 498 g/mol. The van der Waals surface area contributed by atoms with Crippen LogP contribution in [-0.4, -0.2) is 20.7 Å². The molecule has 0 saturated heterocycles. The Morgan fingerprint density at radius 3 is 2.45 bits per heavy atom. The zero-order valence-electron chi connectivity index (χ0n) is 18.0. The van der Waals surface area contributed by atoms with Gasteiger partial charge in [0, 0.05) is 14.8 Å². The first-order valence-electron chi connectivity index (χ1n) is 11.3. The summed E-state index contributed by atoms with van der Waals surface area (Å²) in [7, 11) is 0. The average Bonchev–Trinajstić information content (AvgIpc) is 3.23. The summed E-state index contributed by atoms with van der Waals surface area (Å²) >= 11 is 13.7. The van der Waals surface area contributed by atoms with Crippen LogP contribution < -0.4 is 5.32 Å². The molecule has 4 fully saturated rings. The van der Waals surface area contributed by atoms with Crippen molar-refractivity contribution >= 4 is 46.6 Å². The minimum atomic E-state index is -0.374. The molecule has 4 atom stereocenters. The number of para-hydroxylation sites is 1. The maximum Gasteiger partial charge on any atom is 0.242 e. The first kappa shape index (κ1) is 21.5. The summed E-state index contributed by atoms with van der Waals surface area (Å²) in [6.07, 6.45) is 7.77. The molecule has 4 bridgehead atoms. The number of amides is 1. The predicted octanol–water partition coefficient (Wildman–Crippen LogP) is 6.67. The fourth-order valence-corrected chi connectivity index (χ4v) is 7.92. The Balaban J connectivity index is 1.28. The van der Waals surface area contributed by atoms with Crippen molar-refractivity contribution in [2.45, 2.75) is 53.9 Å². The number of carbonyl (C=O) groups excluding carboxylic acids is 1. The van der Waals surface area contributed by atoms with Crippen molar-refractivity contribution in [1.82, 2.24) is 14.8 Å². The number of nitrogens with one attached hydrogen (secondary N) is 1. The van der Waals surface area contributed by atoms with Gasteiger partial charge in [-0.1, -0.05) is 35.5 Å². The van der Waals surface area contributed by atoms with E-state index in [9.17, 15) is 4.79 Å². The lowest BCUT2D eigenvalue weighted by molar-refractivity contribution is -0.150. The molecule has 3 aromatic rings. The lowest BCUT2D eigenvalue weighted by Crippen LogP contribution is -2.60. The molecule has 33 heavy (non-hydrogen) atoms. The minimum Gasteiger partial charge on any atom is -0.325 e. The number of hydrogen-bond acceptors (Lipinski definition) is 4. The third-order valence-electron chi connectivity index (χ3n) is 7.64. The second-order valence-corrected chi connectivity index (χ2v) is 11.8. The van der Waals surface area contributed by atoms with Gasteiger partial charge in [-0.25, -0.2) is 9.67 Å². The van der Waals surface area contributed by atoms with E-state index in [1.54, 1.807) is 18.1 Å². The Labute approximate surface area is 207 Å². The van der Waals surface area contributed by atoms with E-state index in [0.717, 1.165) is 47.6 Å². The average molecular weight is 499 g/mol. The van der Waals surface area contributed by atoms with E-state index < -0.39 is 0 Å². The molecule has 7 rings (SSSR count). The van der Waals surface area contributed by atoms with Gasteiger partial charge in [-0.2, -0.15) is 0 Å². The summed E-state index contributed by atoms with van der Waals surface area (Å²) in [4.78, 5) is 20.2. The lowest BCUT2D eigenvalue weighted by atomic mass is 9.46. The van der Waals surface area contributed by atoms with Crippen molar-refractivity contribution in [1.29, 1.82) is 0 Å². The van der Waals surface area contributed by atoms with Crippen molar-refractivity contribution in [3.63, 3.8) is 0 Å². The largest absolute Gasteiger partial charge is 0.325 e. The maximum absolute atomic E-state index is 13.9. The van der Waals surface area contributed by atoms with Gasteiger partial charge in [0.1, 0.15) is 6.33 Å². The van der Waals surface area contributed by atoms with Gasteiger partial charge in [0.2, 0.25) is 11.2 Å². The van der Waals surface area contributed by atoms with Crippen molar-refractivity contribution < 1.29 is 4.79 Å². The van der Waals surface area contributed by atoms with Gasteiger partial charge < -0.3 is 5.32 Å². The molecule has 4 aliphatic carbocycles. The van der Waals surface area contributed by atoms with Crippen LogP contribution in [0, 0.1) is 17.3 Å². The topological polar surface area (TPSA) is 59.8 Å². The Kier molecular flexibility index (Phi) is 5.24. The molecule has 4 saturated carbocycles. The van der Waals surface area contributed by atoms with Gasteiger partial charge in [-0.05, 0) is 98.4 Å². The first-order valence-corrected chi connectivity index (χ1v) is 12.9. The Hall–Kier alpha value is -2.02. The fourth-order valence-electron chi connectivity index (χ4n) is 6.76. The SMILES string of the molecule is O=C(Nc1ccccc1Sc1ccc(Cl)cc1)C12C[C@H]3C[C@@H](C1)CC(n1cnc(Cl)n1)(C3)C2. The van der Waals surface area contributed by atoms with E-state index in [1.807, 2.05) is 53.2 Å². The molecule has 8 heteroatoms. The van der Waals surface area contributed by atoms with Crippen molar-refractivity contribution in [2.75, 3.05) is 5.32 Å². The molecule has 1 aromatic heterocycles. The third kappa shape index (κ3) is 3.86. The second-order valence-electron chi connectivity index (χ2n) is 9.93. The molecule has 0 aliphatic heterocycles. The molecule has 170 valence electrons. The van der Waals surface area contributed by atoms with Crippen LogP contribution in [0.4, 0.5) is 5.69 Å². The van der Waals surface area contributed by atoms with Gasteiger partial charge in [0.15, 0.2) is 0 Å². The summed E-state index contributed by atoms with van der Waals surface area (Å²) in [6, 6.07) is 15.8. The highest BCUT2D eigenvalue weighted by molar-refractivity contribution is 7.99. The van der Waals surface area contributed by atoms with Crippen LogP contribution in [0.15, 0.2) is 64.6 Å². The van der Waals surface area contributed by atoms with Crippen molar-refractivity contribution in [3.05, 3.63) is 65.2 Å². The van der Waals surface area contributed by atoms with E-state index in [4.69, 9.17) is 23.2 Å². The number of anilines is 1. The summed E-state index contributed by atoms with van der Waals surface area (Å²) in [5, 5.41) is 8.77. The molecular formula is C25H24Cl2N4OS. The Bertz CT molecular complexity index is 1200. The van der Waals surface area contributed by atoms with E-state index in [2.05, 4.69) is 15.4 Å². The number of benzene rings is 2. The van der Waals surface area contributed by atoms with Gasteiger partial charge in [0.05, 0.1) is 16.6 Å². The number of carbonyl (C=O) groups is 1. The van der Waals surface area contributed by atoms with Crippen LogP contribution in [-0.2, 0) is 10.3 Å². The number of aromatic nitrogens is 3. The fraction of sp³-hybridized carbons (Fsp3) is 0.400. The van der Waals surface area contributed by atoms with Crippen LogP contribution in [0.5, 0.6) is 0 Å². The van der Waals surface area contributed by atoms with Gasteiger partial charge >= 0.3 is 0 Å². The zero-order chi connectivity index (χ0) is 22.6. The quantitative estimate of drug-likeness (QED) is 0.426. The molecule has 4 aliphatic rings. The highest BCUT2D eigenvalue weighted by Gasteiger charge is 2.61. The molecule has 2 unspecified atom stereocenters. The number of hydrogen-bond donors (Lipinski definition) is 1. The van der Waals surface area contributed by atoms with E-state index in [1.165, 1.54) is 6.42 Å². The lowest BCUT2D eigenvalue weighted by Gasteiger charge is -2.60. The van der Waals surface area contributed by atoms with Gasteiger partial charge in [0.25, 0.3) is 0 Å². The molecular weight excluding hydrogens is 475 g/mol. The summed E-state index contributed by atoms with van der Waals surface area (Å²) in [5.74, 6) is 1.22. The molecule has 1 N–H and O–H groups in total. The molecule has 1 amide bonds. The van der Waals surface area contributed by atoms with Crippen LogP contribution in [0.2, 0.25) is 10.3 Å². The smallest absolute Gasteiger partial charge is 0.242 e. The van der Waals surface area contributed by atoms with E-state index >= 15 is 0 Å². The number of halogens is 2. The first-order chi connectivity index (χ1) is 15.9. The van der Waals surface area contributed by atoms with Crippen LogP contribution in [0.3, 0.4) is 0 Å².